The molecule has 0 bridgehead atoms. The molecule has 1 atom stereocenters. The van der Waals surface area contributed by atoms with E-state index in [9.17, 15) is 4.79 Å². The van der Waals surface area contributed by atoms with Crippen molar-refractivity contribution >= 4 is 28.9 Å². The van der Waals surface area contributed by atoms with Crippen molar-refractivity contribution in [2.45, 2.75) is 38.6 Å². The van der Waals surface area contributed by atoms with Crippen LogP contribution < -0.4 is 20.1 Å². The van der Waals surface area contributed by atoms with Crippen LogP contribution in [0.15, 0.2) is 42.5 Å². The molecular weight excluding hydrogens is 410 g/mol. The van der Waals surface area contributed by atoms with Gasteiger partial charge in [0.15, 0.2) is 16.6 Å². The summed E-state index contributed by atoms with van der Waals surface area (Å²) < 4.78 is 10.7. The van der Waals surface area contributed by atoms with Crippen molar-refractivity contribution in [2.24, 2.45) is 0 Å². The Balaban J connectivity index is 1.61. The Labute approximate surface area is 189 Å². The lowest BCUT2D eigenvalue weighted by atomic mass is 10.0. The number of methoxy groups -OCH3 is 2. The van der Waals surface area contributed by atoms with Crippen LogP contribution in [0.4, 0.5) is 5.69 Å². The van der Waals surface area contributed by atoms with Gasteiger partial charge in [-0.15, -0.1) is 0 Å². The molecule has 1 amide bonds. The number of hydrogen-bond acceptors (Lipinski definition) is 4. The number of hydrogen-bond donors (Lipinski definition) is 2. The molecule has 3 rings (SSSR count). The predicted octanol–water partition coefficient (Wildman–Crippen LogP) is 4.77. The molecule has 2 N–H and O–H groups in total. The second-order valence-electron chi connectivity index (χ2n) is 7.60. The predicted molar refractivity (Wildman–Crippen MR) is 128 cm³/mol. The highest BCUT2D eigenvalue weighted by atomic mass is 32.1. The lowest BCUT2D eigenvalue weighted by molar-refractivity contribution is 0.0724. The van der Waals surface area contributed by atoms with E-state index >= 15 is 0 Å². The number of carbonyl (C=O) groups excluding carboxylic acids is 1. The number of nitrogens with zero attached hydrogens (tertiary/aromatic N) is 1. The van der Waals surface area contributed by atoms with Crippen molar-refractivity contribution in [3.05, 3.63) is 53.6 Å². The SMILES string of the molecule is CC[C@H](NC(=S)Nc1ccc(C(=O)N2CCCCC2)cc1)c1ccc(OC)c(OC)c1. The summed E-state index contributed by atoms with van der Waals surface area (Å²) in [6.07, 6.45) is 4.23. The van der Waals surface area contributed by atoms with Gasteiger partial charge >= 0.3 is 0 Å². The van der Waals surface area contributed by atoms with E-state index in [1.54, 1.807) is 14.2 Å². The third kappa shape index (κ3) is 5.88. The van der Waals surface area contributed by atoms with Gasteiger partial charge < -0.3 is 25.0 Å². The Morgan fingerprint density at radius 2 is 1.71 bits per heavy atom. The van der Waals surface area contributed by atoms with Crippen molar-refractivity contribution in [1.29, 1.82) is 0 Å². The minimum atomic E-state index is 0.0276. The van der Waals surface area contributed by atoms with Crippen LogP contribution in [0.25, 0.3) is 0 Å². The smallest absolute Gasteiger partial charge is 0.253 e. The monoisotopic (exact) mass is 441 g/mol. The summed E-state index contributed by atoms with van der Waals surface area (Å²) in [5.41, 5.74) is 2.62. The minimum Gasteiger partial charge on any atom is -0.493 e. The van der Waals surface area contributed by atoms with Crippen molar-refractivity contribution in [1.82, 2.24) is 10.2 Å². The van der Waals surface area contributed by atoms with Gasteiger partial charge in [-0.1, -0.05) is 13.0 Å². The topological polar surface area (TPSA) is 62.8 Å². The molecule has 1 saturated heterocycles. The fraction of sp³-hybridized carbons (Fsp3) is 0.417. The van der Waals surface area contributed by atoms with E-state index in [0.29, 0.717) is 22.2 Å². The van der Waals surface area contributed by atoms with E-state index in [4.69, 9.17) is 21.7 Å². The Bertz CT molecular complexity index is 895. The third-order valence-electron chi connectivity index (χ3n) is 5.56. The summed E-state index contributed by atoms with van der Waals surface area (Å²) in [6, 6.07) is 13.4. The summed E-state index contributed by atoms with van der Waals surface area (Å²) in [6.45, 7) is 3.79. The zero-order chi connectivity index (χ0) is 22.2. The second-order valence-corrected chi connectivity index (χ2v) is 8.01. The van der Waals surface area contributed by atoms with E-state index in [0.717, 1.165) is 43.6 Å². The van der Waals surface area contributed by atoms with Crippen LogP contribution >= 0.6 is 12.2 Å². The molecule has 0 aromatic heterocycles. The number of piperidine rings is 1. The Kier molecular flexibility index (Phi) is 8.12. The summed E-state index contributed by atoms with van der Waals surface area (Å²) >= 11 is 5.52. The zero-order valence-electron chi connectivity index (χ0n) is 18.4. The van der Waals surface area contributed by atoms with Gasteiger partial charge in [-0.05, 0) is 79.9 Å². The Hall–Kier alpha value is -2.80. The second kappa shape index (κ2) is 11.0. The molecule has 7 heteroatoms. The van der Waals surface area contributed by atoms with Crippen molar-refractivity contribution < 1.29 is 14.3 Å². The largest absolute Gasteiger partial charge is 0.493 e. The summed E-state index contributed by atoms with van der Waals surface area (Å²) in [5, 5.41) is 7.10. The van der Waals surface area contributed by atoms with E-state index in [1.165, 1.54) is 6.42 Å². The molecule has 31 heavy (non-hydrogen) atoms. The molecule has 0 aliphatic carbocycles. The molecule has 2 aromatic carbocycles. The molecule has 6 nitrogen and oxygen atoms in total. The van der Waals surface area contributed by atoms with Gasteiger partial charge in [0.2, 0.25) is 0 Å². The standard InChI is InChI=1S/C24H31N3O3S/c1-4-20(18-10-13-21(29-2)22(16-18)30-3)26-24(31)25-19-11-8-17(9-12-19)23(28)27-14-6-5-7-15-27/h8-13,16,20H,4-7,14-15H2,1-3H3,(H2,25,26,31)/t20-/m0/s1. The lowest BCUT2D eigenvalue weighted by Gasteiger charge is -2.26. The molecule has 166 valence electrons. The maximum Gasteiger partial charge on any atom is 0.253 e. The Morgan fingerprint density at radius 3 is 2.32 bits per heavy atom. The van der Waals surface area contributed by atoms with Crippen molar-refractivity contribution in [3.8, 4) is 11.5 Å². The minimum absolute atomic E-state index is 0.0276. The number of anilines is 1. The van der Waals surface area contributed by atoms with Crippen LogP contribution in [0.5, 0.6) is 11.5 Å². The highest BCUT2D eigenvalue weighted by molar-refractivity contribution is 7.80. The first kappa shape index (κ1) is 22.9. The first-order valence-corrected chi connectivity index (χ1v) is 11.1. The number of carbonyl (C=O) groups is 1. The van der Waals surface area contributed by atoms with Gasteiger partial charge in [0.1, 0.15) is 0 Å². The number of rotatable bonds is 7. The van der Waals surface area contributed by atoms with E-state index < -0.39 is 0 Å². The molecule has 2 aromatic rings. The highest BCUT2D eigenvalue weighted by Crippen LogP contribution is 2.31. The maximum atomic E-state index is 12.6. The van der Waals surface area contributed by atoms with Gasteiger partial charge in [-0.2, -0.15) is 0 Å². The van der Waals surface area contributed by atoms with Gasteiger partial charge in [-0.3, -0.25) is 4.79 Å². The third-order valence-corrected chi connectivity index (χ3v) is 5.78. The van der Waals surface area contributed by atoms with Gasteiger partial charge in [0, 0.05) is 24.3 Å². The highest BCUT2D eigenvalue weighted by Gasteiger charge is 2.18. The van der Waals surface area contributed by atoms with E-state index in [-0.39, 0.29) is 11.9 Å². The lowest BCUT2D eigenvalue weighted by Crippen LogP contribution is -2.35. The summed E-state index contributed by atoms with van der Waals surface area (Å²) in [4.78, 5) is 14.6. The fourth-order valence-electron chi connectivity index (χ4n) is 3.79. The number of likely N-dealkylation sites (tertiary alicyclic amines) is 1. The normalized spacial score (nSPS) is 14.5. The molecule has 1 fully saturated rings. The van der Waals surface area contributed by atoms with Crippen LogP contribution in [-0.4, -0.2) is 43.2 Å². The molecule has 0 radical (unpaired) electrons. The molecular formula is C24H31N3O3S. The quantitative estimate of drug-likeness (QED) is 0.604. The van der Waals surface area contributed by atoms with Crippen LogP contribution in [0.3, 0.4) is 0 Å². The number of thiocarbonyl (C=S) groups is 1. The zero-order valence-corrected chi connectivity index (χ0v) is 19.3. The molecule has 0 unspecified atom stereocenters. The molecule has 1 aliphatic rings. The molecule has 1 aliphatic heterocycles. The average Bonchev–Trinajstić information content (AvgIpc) is 2.82. The summed E-state index contributed by atoms with van der Waals surface area (Å²) in [5.74, 6) is 1.49. The first-order valence-electron chi connectivity index (χ1n) is 10.7. The average molecular weight is 442 g/mol. The maximum absolute atomic E-state index is 12.6. The molecule has 0 spiro atoms. The van der Waals surface area contributed by atoms with Crippen LogP contribution in [-0.2, 0) is 0 Å². The van der Waals surface area contributed by atoms with Crippen molar-refractivity contribution in [3.63, 3.8) is 0 Å². The van der Waals surface area contributed by atoms with Crippen LogP contribution in [0.1, 0.15) is 54.6 Å². The van der Waals surface area contributed by atoms with Gasteiger partial charge in [0.05, 0.1) is 20.3 Å². The first-order chi connectivity index (χ1) is 15.0. The number of ether oxygens (including phenoxy) is 2. The molecule has 1 heterocycles. The van der Waals surface area contributed by atoms with Crippen LogP contribution in [0.2, 0.25) is 0 Å². The number of amides is 1. The van der Waals surface area contributed by atoms with Crippen LogP contribution in [0, 0.1) is 0 Å². The van der Waals surface area contributed by atoms with E-state index in [1.807, 2.05) is 47.4 Å². The van der Waals surface area contributed by atoms with Gasteiger partial charge in [0.25, 0.3) is 5.91 Å². The molecule has 0 saturated carbocycles. The Morgan fingerprint density at radius 1 is 1.03 bits per heavy atom. The van der Waals surface area contributed by atoms with E-state index in [2.05, 4.69) is 17.6 Å². The van der Waals surface area contributed by atoms with Crippen molar-refractivity contribution in [2.75, 3.05) is 32.6 Å². The van der Waals surface area contributed by atoms with Gasteiger partial charge in [-0.25, -0.2) is 0 Å². The fourth-order valence-corrected chi connectivity index (χ4v) is 4.05. The summed E-state index contributed by atoms with van der Waals surface area (Å²) in [7, 11) is 3.25. The number of benzene rings is 2. The number of nitrogens with one attached hydrogen (secondary N) is 2.